The van der Waals surface area contributed by atoms with Gasteiger partial charge in [-0.25, -0.2) is 23.4 Å². The van der Waals surface area contributed by atoms with Crippen molar-refractivity contribution in [3.8, 4) is 11.1 Å². The van der Waals surface area contributed by atoms with Crippen molar-refractivity contribution in [3.63, 3.8) is 0 Å². The summed E-state index contributed by atoms with van der Waals surface area (Å²) < 4.78 is 41.6. The van der Waals surface area contributed by atoms with E-state index in [1.165, 1.54) is 7.05 Å². The molecule has 3 heterocycles. The number of ether oxygens (including phenoxy) is 2. The summed E-state index contributed by atoms with van der Waals surface area (Å²) in [7, 11) is 4.89. The summed E-state index contributed by atoms with van der Waals surface area (Å²) in [6.07, 6.45) is 6.06. The van der Waals surface area contributed by atoms with Crippen LogP contribution in [0.15, 0.2) is 42.3 Å². The van der Waals surface area contributed by atoms with Crippen LogP contribution < -0.4 is 9.80 Å². The molecular weight excluding hydrogens is 596 g/mol. The van der Waals surface area contributed by atoms with Crippen molar-refractivity contribution in [1.29, 1.82) is 0 Å². The number of esters is 1. The number of Topliss-reactive ketones (excluding diaryl/α,β-unsaturated/α-hetero) is 1. The first-order valence-electron chi connectivity index (χ1n) is 14.7. The number of halogens is 2. The van der Waals surface area contributed by atoms with E-state index >= 15 is 8.78 Å². The van der Waals surface area contributed by atoms with E-state index < -0.39 is 35.1 Å². The maximum Gasteiger partial charge on any atom is 0.414 e. The minimum atomic E-state index is -1.16. The molecule has 1 aliphatic carbocycles. The number of amides is 1. The molecule has 0 unspecified atom stereocenters. The van der Waals surface area contributed by atoms with Gasteiger partial charge in [0.1, 0.15) is 16.8 Å². The van der Waals surface area contributed by atoms with Crippen LogP contribution in [0, 0.1) is 11.6 Å². The molecule has 0 aliphatic heterocycles. The average molecular weight is 632 g/mol. The van der Waals surface area contributed by atoms with Gasteiger partial charge in [0.05, 0.1) is 40.0 Å². The predicted octanol–water partition coefficient (Wildman–Crippen LogP) is 6.97. The summed E-state index contributed by atoms with van der Waals surface area (Å²) in [5.41, 5.74) is 2.32. The molecule has 5 rings (SSSR count). The molecule has 0 bridgehead atoms. The molecular formula is C34H35F2N5O5. The number of rotatable bonds is 5. The Labute approximate surface area is 264 Å². The van der Waals surface area contributed by atoms with Crippen molar-refractivity contribution in [3.05, 3.63) is 65.1 Å². The lowest BCUT2D eigenvalue weighted by Crippen LogP contribution is -2.34. The zero-order chi connectivity index (χ0) is 33.7. The summed E-state index contributed by atoms with van der Waals surface area (Å²) in [6.45, 7) is 8.71. The number of benzene rings is 1. The zero-order valence-corrected chi connectivity index (χ0v) is 27.0. The predicted molar refractivity (Wildman–Crippen MR) is 173 cm³/mol. The monoisotopic (exact) mass is 631 g/mol. The normalized spacial score (nSPS) is 14.3. The fourth-order valence-corrected chi connectivity index (χ4v) is 5.52. The molecule has 1 aromatic carbocycles. The van der Waals surface area contributed by atoms with E-state index in [4.69, 9.17) is 9.47 Å². The number of carbonyl (C=O) groups is 3. The number of pyridine rings is 2. The fraction of sp³-hybridized carbons (Fsp3) is 0.324. The van der Waals surface area contributed by atoms with Gasteiger partial charge in [-0.2, -0.15) is 0 Å². The van der Waals surface area contributed by atoms with Crippen molar-refractivity contribution < 1.29 is 32.6 Å². The number of carbonyl (C=O) groups excluding carboxylic acids is 3. The molecule has 46 heavy (non-hydrogen) atoms. The molecule has 3 aromatic heterocycles. The fourth-order valence-electron chi connectivity index (χ4n) is 5.52. The number of hydrogen-bond acceptors (Lipinski definition) is 8. The molecule has 240 valence electrons. The minimum absolute atomic E-state index is 0.0573. The van der Waals surface area contributed by atoms with Crippen LogP contribution in [-0.4, -0.2) is 66.1 Å². The Morgan fingerprint density at radius 1 is 1.07 bits per heavy atom. The van der Waals surface area contributed by atoms with Gasteiger partial charge in [-0.05, 0) is 52.7 Å². The molecule has 0 saturated heterocycles. The highest BCUT2D eigenvalue weighted by molar-refractivity contribution is 6.26. The second-order valence-corrected chi connectivity index (χ2v) is 12.0. The van der Waals surface area contributed by atoms with Gasteiger partial charge in [-0.15, -0.1) is 0 Å². The van der Waals surface area contributed by atoms with Crippen molar-refractivity contribution in [2.24, 2.45) is 0 Å². The van der Waals surface area contributed by atoms with Crippen LogP contribution >= 0.6 is 0 Å². The zero-order valence-electron chi connectivity index (χ0n) is 27.0. The third-order valence-corrected chi connectivity index (χ3v) is 7.58. The standard InChI is InChI=1S/C34H35F2N5O5/c1-9-17-11-12-19(32(43)45-10-2)30(42)20-13-18(15-37-27(17)20)21-16-38-31-25(29(21)40(6)7)24-26(36)22(35)14-23(28(24)39-31)41(8)33(44)46-34(3,4)5/h9,12-16H,10-11H2,1-8H3,(H,38,39)/b17-9-. The van der Waals surface area contributed by atoms with Gasteiger partial charge in [-0.3, -0.25) is 14.7 Å². The first-order valence-corrected chi connectivity index (χ1v) is 14.7. The van der Waals surface area contributed by atoms with E-state index in [0.29, 0.717) is 28.9 Å². The molecule has 0 saturated carbocycles. The number of allylic oxidation sites excluding steroid dienone is 3. The van der Waals surface area contributed by atoms with Gasteiger partial charge in [0.2, 0.25) is 5.78 Å². The van der Waals surface area contributed by atoms with Gasteiger partial charge in [0.25, 0.3) is 0 Å². The molecule has 1 amide bonds. The van der Waals surface area contributed by atoms with Crippen molar-refractivity contribution in [2.75, 3.05) is 37.5 Å². The minimum Gasteiger partial charge on any atom is -0.462 e. The first-order chi connectivity index (χ1) is 21.7. The highest BCUT2D eigenvalue weighted by Gasteiger charge is 2.30. The van der Waals surface area contributed by atoms with Crippen LogP contribution in [0.4, 0.5) is 25.0 Å². The van der Waals surface area contributed by atoms with Crippen molar-refractivity contribution in [1.82, 2.24) is 15.0 Å². The number of H-pyrrole nitrogens is 1. The largest absolute Gasteiger partial charge is 0.462 e. The Bertz CT molecular complexity index is 1990. The van der Waals surface area contributed by atoms with E-state index in [1.54, 1.807) is 71.2 Å². The molecule has 0 spiro atoms. The molecule has 1 N–H and O–H groups in total. The highest BCUT2D eigenvalue weighted by Crippen LogP contribution is 2.44. The summed E-state index contributed by atoms with van der Waals surface area (Å²) >= 11 is 0. The lowest BCUT2D eigenvalue weighted by molar-refractivity contribution is -0.138. The first kappa shape index (κ1) is 32.3. The van der Waals surface area contributed by atoms with Gasteiger partial charge in [0.15, 0.2) is 11.6 Å². The van der Waals surface area contributed by atoms with Crippen molar-refractivity contribution >= 4 is 56.7 Å². The molecule has 12 heteroatoms. The smallest absolute Gasteiger partial charge is 0.414 e. The second kappa shape index (κ2) is 12.0. The van der Waals surface area contributed by atoms with Crippen LogP contribution in [0.3, 0.4) is 0 Å². The Hall–Kier alpha value is -5.13. The lowest BCUT2D eigenvalue weighted by atomic mass is 9.96. The molecule has 0 radical (unpaired) electrons. The topological polar surface area (TPSA) is 118 Å². The van der Waals surface area contributed by atoms with E-state index in [-0.39, 0.29) is 45.4 Å². The molecule has 4 aromatic rings. The number of aromatic nitrogens is 3. The van der Waals surface area contributed by atoms with E-state index in [1.807, 2.05) is 13.0 Å². The maximum atomic E-state index is 15.8. The van der Waals surface area contributed by atoms with Crippen LogP contribution in [0.25, 0.3) is 38.6 Å². The van der Waals surface area contributed by atoms with E-state index in [9.17, 15) is 14.4 Å². The Morgan fingerprint density at radius 2 is 1.78 bits per heavy atom. The Balaban J connectivity index is 1.75. The molecule has 10 nitrogen and oxygen atoms in total. The van der Waals surface area contributed by atoms with E-state index in [0.717, 1.165) is 16.5 Å². The number of ketones is 1. The van der Waals surface area contributed by atoms with Gasteiger partial charge in [0, 0.05) is 56.3 Å². The molecule has 0 fully saturated rings. The van der Waals surface area contributed by atoms with Crippen LogP contribution in [0.5, 0.6) is 0 Å². The lowest BCUT2D eigenvalue weighted by Gasteiger charge is -2.25. The Kier molecular flexibility index (Phi) is 8.41. The van der Waals surface area contributed by atoms with Crippen LogP contribution in [-0.2, 0) is 14.3 Å². The number of nitrogens with one attached hydrogen (secondary N) is 1. The maximum absolute atomic E-state index is 15.8. The van der Waals surface area contributed by atoms with Crippen molar-refractivity contribution in [2.45, 2.75) is 46.6 Å². The third kappa shape index (κ3) is 5.59. The quantitative estimate of drug-likeness (QED) is 0.185. The third-order valence-electron chi connectivity index (χ3n) is 7.58. The summed E-state index contributed by atoms with van der Waals surface area (Å²) in [5, 5.41) is 0.150. The van der Waals surface area contributed by atoms with Crippen LogP contribution in [0.1, 0.15) is 57.1 Å². The number of fused-ring (bicyclic) bond motifs is 4. The number of anilines is 2. The average Bonchev–Trinajstić information content (AvgIpc) is 3.32. The van der Waals surface area contributed by atoms with Crippen LogP contribution in [0.2, 0.25) is 0 Å². The highest BCUT2D eigenvalue weighted by atomic mass is 19.2. The summed E-state index contributed by atoms with van der Waals surface area (Å²) in [5.74, 6) is -3.54. The summed E-state index contributed by atoms with van der Waals surface area (Å²) in [6, 6.07) is 2.55. The second-order valence-electron chi connectivity index (χ2n) is 12.0. The number of aromatic amines is 1. The number of nitrogens with zero attached hydrogens (tertiary/aromatic N) is 4. The van der Waals surface area contributed by atoms with E-state index in [2.05, 4.69) is 15.0 Å². The summed E-state index contributed by atoms with van der Waals surface area (Å²) in [4.78, 5) is 54.4. The van der Waals surface area contributed by atoms with Gasteiger partial charge >= 0.3 is 12.1 Å². The number of hydrogen-bond donors (Lipinski definition) is 1. The van der Waals surface area contributed by atoms with Gasteiger partial charge in [-0.1, -0.05) is 12.2 Å². The SMILES string of the molecule is C/C=C1/CC=C(C(=O)OCC)C(=O)c2cc(-c3cnc4[nH]c5c(N(C)C(=O)OC(C)(C)C)cc(F)c(F)c5c4c3N(C)C)cnc21. The molecule has 0 atom stereocenters. The molecule has 1 aliphatic rings. The van der Waals surface area contributed by atoms with Gasteiger partial charge < -0.3 is 19.4 Å². The Morgan fingerprint density at radius 3 is 2.41 bits per heavy atom.